The summed E-state index contributed by atoms with van der Waals surface area (Å²) in [5, 5.41) is 0. The molecule has 0 saturated carbocycles. The fraction of sp³-hybridized carbons (Fsp3) is 0.562. The molecule has 0 spiro atoms. The lowest BCUT2D eigenvalue weighted by Gasteiger charge is -2.42. The molecule has 1 aromatic carbocycles. The van der Waals surface area contributed by atoms with Crippen molar-refractivity contribution in [1.29, 1.82) is 0 Å². The number of halogens is 1. The second-order valence-electron chi connectivity index (χ2n) is 6.23. The largest absolute Gasteiger partial charge is 0.542 e. The Morgan fingerprint density at radius 3 is 1.90 bits per heavy atom. The molecule has 0 unspecified atom stereocenters. The first-order chi connectivity index (χ1) is 9.25. The van der Waals surface area contributed by atoms with E-state index in [0.717, 1.165) is 16.5 Å². The lowest BCUT2D eigenvalue weighted by molar-refractivity contribution is 0.112. The van der Waals surface area contributed by atoms with Crippen LogP contribution in [0.15, 0.2) is 22.7 Å². The van der Waals surface area contributed by atoms with Crippen LogP contribution in [0.25, 0.3) is 0 Å². The van der Waals surface area contributed by atoms with Gasteiger partial charge in [-0.3, -0.25) is 4.79 Å². The molecular formula is C16H25BrO2Si. The molecule has 112 valence electrons. The van der Waals surface area contributed by atoms with Crippen molar-refractivity contribution in [3.8, 4) is 5.75 Å². The van der Waals surface area contributed by atoms with Crippen molar-refractivity contribution < 1.29 is 9.22 Å². The van der Waals surface area contributed by atoms with Gasteiger partial charge in [0, 0.05) is 5.56 Å². The third kappa shape index (κ3) is 3.34. The van der Waals surface area contributed by atoms with Crippen LogP contribution in [-0.2, 0) is 0 Å². The molecule has 0 aliphatic rings. The summed E-state index contributed by atoms with van der Waals surface area (Å²) in [6.45, 7) is 13.6. The maximum atomic E-state index is 10.8. The third-order valence-electron chi connectivity index (χ3n) is 4.09. The van der Waals surface area contributed by atoms with Crippen LogP contribution < -0.4 is 4.43 Å². The summed E-state index contributed by atoms with van der Waals surface area (Å²) in [5.41, 5.74) is 2.25. The highest BCUT2D eigenvalue weighted by Gasteiger charge is 2.47. The molecule has 2 nitrogen and oxygen atoms in total. The van der Waals surface area contributed by atoms with Crippen LogP contribution >= 0.6 is 15.9 Å². The molecule has 1 rings (SSSR count). The Morgan fingerprint density at radius 2 is 1.55 bits per heavy atom. The number of aldehydes is 1. The summed E-state index contributed by atoms with van der Waals surface area (Å²) in [5.74, 6) is 0.860. The van der Waals surface area contributed by atoms with Crippen molar-refractivity contribution in [2.45, 2.75) is 58.2 Å². The SMILES string of the molecule is CC(C)[Si](Oc1ccc(C=O)cc1Br)(C(C)C)C(C)C. The van der Waals surface area contributed by atoms with Crippen LogP contribution in [0.1, 0.15) is 51.9 Å². The molecule has 0 N–H and O–H groups in total. The van der Waals surface area contributed by atoms with Gasteiger partial charge in [0.05, 0.1) is 4.47 Å². The summed E-state index contributed by atoms with van der Waals surface area (Å²) >= 11 is 3.53. The summed E-state index contributed by atoms with van der Waals surface area (Å²) in [7, 11) is -1.95. The van der Waals surface area contributed by atoms with Gasteiger partial charge >= 0.3 is 0 Å². The molecule has 0 saturated heterocycles. The van der Waals surface area contributed by atoms with E-state index in [9.17, 15) is 4.79 Å². The standard InChI is InChI=1S/C16H25BrO2Si/c1-11(2)20(12(3)4,13(5)6)19-16-8-7-14(10-18)9-15(16)17/h7-13H,1-6H3. The molecule has 0 aliphatic heterocycles. The van der Waals surface area contributed by atoms with Gasteiger partial charge < -0.3 is 4.43 Å². The van der Waals surface area contributed by atoms with Gasteiger partial charge in [-0.25, -0.2) is 0 Å². The van der Waals surface area contributed by atoms with E-state index < -0.39 is 8.32 Å². The molecule has 4 heteroatoms. The zero-order valence-corrected chi connectivity index (χ0v) is 15.8. The van der Waals surface area contributed by atoms with Crippen LogP contribution in [0.2, 0.25) is 16.6 Å². The van der Waals surface area contributed by atoms with E-state index in [0.29, 0.717) is 22.2 Å². The van der Waals surface area contributed by atoms with Gasteiger partial charge in [0.25, 0.3) is 8.32 Å². The highest BCUT2D eigenvalue weighted by Crippen LogP contribution is 2.44. The minimum atomic E-state index is -1.95. The van der Waals surface area contributed by atoms with Crippen LogP contribution in [-0.4, -0.2) is 14.6 Å². The normalized spacial score (nSPS) is 12.3. The molecule has 0 bridgehead atoms. The van der Waals surface area contributed by atoms with Gasteiger partial charge in [0.2, 0.25) is 0 Å². The van der Waals surface area contributed by atoms with Gasteiger partial charge in [-0.1, -0.05) is 41.5 Å². The molecule has 0 radical (unpaired) electrons. The van der Waals surface area contributed by atoms with Gasteiger partial charge in [0.15, 0.2) is 0 Å². The van der Waals surface area contributed by atoms with E-state index in [1.54, 1.807) is 0 Å². The molecule has 1 aromatic rings. The maximum absolute atomic E-state index is 10.8. The Bertz CT molecular complexity index is 448. The number of carbonyl (C=O) groups excluding carboxylic acids is 1. The van der Waals surface area contributed by atoms with Gasteiger partial charge in [-0.15, -0.1) is 0 Å². The Hall–Kier alpha value is -0.613. The topological polar surface area (TPSA) is 26.3 Å². The maximum Gasteiger partial charge on any atom is 0.258 e. The average molecular weight is 357 g/mol. The Labute approximate surface area is 132 Å². The minimum absolute atomic E-state index is 0.528. The van der Waals surface area contributed by atoms with Crippen molar-refractivity contribution in [2.75, 3.05) is 0 Å². The number of carbonyl (C=O) groups is 1. The first kappa shape index (κ1) is 17.4. The minimum Gasteiger partial charge on any atom is -0.542 e. The second-order valence-corrected chi connectivity index (χ2v) is 12.5. The summed E-state index contributed by atoms with van der Waals surface area (Å²) < 4.78 is 7.45. The van der Waals surface area contributed by atoms with Crippen LogP contribution in [0.3, 0.4) is 0 Å². The predicted molar refractivity (Wildman–Crippen MR) is 91.2 cm³/mol. The number of benzene rings is 1. The smallest absolute Gasteiger partial charge is 0.258 e. The quantitative estimate of drug-likeness (QED) is 0.474. The molecule has 0 amide bonds. The van der Waals surface area contributed by atoms with E-state index in [4.69, 9.17) is 4.43 Å². The van der Waals surface area contributed by atoms with Crippen LogP contribution in [0, 0.1) is 0 Å². The Balaban J connectivity index is 3.23. The van der Waals surface area contributed by atoms with Crippen LogP contribution in [0.4, 0.5) is 0 Å². The number of rotatable bonds is 6. The van der Waals surface area contributed by atoms with Crippen molar-refractivity contribution in [1.82, 2.24) is 0 Å². The van der Waals surface area contributed by atoms with Crippen LogP contribution in [0.5, 0.6) is 5.75 Å². The lowest BCUT2D eigenvalue weighted by atomic mass is 10.2. The van der Waals surface area contributed by atoms with E-state index in [1.807, 2.05) is 18.2 Å². The highest BCUT2D eigenvalue weighted by molar-refractivity contribution is 9.10. The zero-order chi connectivity index (χ0) is 15.5. The molecule has 0 aromatic heterocycles. The van der Waals surface area contributed by atoms with Crippen molar-refractivity contribution in [2.24, 2.45) is 0 Å². The Kier molecular flexibility index (Phi) is 6.01. The highest BCUT2D eigenvalue weighted by atomic mass is 79.9. The molecule has 0 aliphatic carbocycles. The third-order valence-corrected chi connectivity index (χ3v) is 10.7. The van der Waals surface area contributed by atoms with E-state index in [-0.39, 0.29) is 0 Å². The number of hydrogen-bond acceptors (Lipinski definition) is 2. The van der Waals surface area contributed by atoms with E-state index >= 15 is 0 Å². The zero-order valence-electron chi connectivity index (χ0n) is 13.2. The van der Waals surface area contributed by atoms with Gasteiger partial charge in [-0.05, 0) is 50.8 Å². The number of hydrogen-bond donors (Lipinski definition) is 0. The fourth-order valence-electron chi connectivity index (χ4n) is 3.22. The fourth-order valence-corrected chi connectivity index (χ4v) is 9.11. The molecule has 0 fully saturated rings. The second kappa shape index (κ2) is 6.90. The Morgan fingerprint density at radius 1 is 1.05 bits per heavy atom. The first-order valence-electron chi connectivity index (χ1n) is 7.19. The first-order valence-corrected chi connectivity index (χ1v) is 10.1. The monoisotopic (exact) mass is 356 g/mol. The summed E-state index contributed by atoms with van der Waals surface area (Å²) in [6, 6.07) is 5.54. The van der Waals surface area contributed by atoms with E-state index in [1.165, 1.54) is 0 Å². The van der Waals surface area contributed by atoms with E-state index in [2.05, 4.69) is 57.5 Å². The summed E-state index contributed by atoms with van der Waals surface area (Å²) in [4.78, 5) is 10.8. The summed E-state index contributed by atoms with van der Waals surface area (Å²) in [6.07, 6.45) is 0.854. The lowest BCUT2D eigenvalue weighted by Crippen LogP contribution is -2.50. The molecular weight excluding hydrogens is 332 g/mol. The molecule has 0 atom stereocenters. The molecule has 0 heterocycles. The molecule has 20 heavy (non-hydrogen) atoms. The van der Waals surface area contributed by atoms with Gasteiger partial charge in [-0.2, -0.15) is 0 Å². The average Bonchev–Trinajstić information content (AvgIpc) is 2.35. The predicted octanol–water partition coefficient (Wildman–Crippen LogP) is 5.82. The van der Waals surface area contributed by atoms with Crippen molar-refractivity contribution >= 4 is 30.5 Å². The van der Waals surface area contributed by atoms with Gasteiger partial charge in [0.1, 0.15) is 12.0 Å². The van der Waals surface area contributed by atoms with Crippen molar-refractivity contribution in [3.63, 3.8) is 0 Å². The van der Waals surface area contributed by atoms with Crippen molar-refractivity contribution in [3.05, 3.63) is 28.2 Å².